The minimum atomic E-state index is 0.265. The molecule has 0 N–H and O–H groups in total. The molecular formula is C16H20O2. The Hall–Kier alpha value is -1.31. The predicted octanol–water partition coefficient (Wildman–Crippen LogP) is 3.62. The number of rotatable bonds is 5. The van der Waals surface area contributed by atoms with Crippen LogP contribution in [0.1, 0.15) is 41.6 Å². The van der Waals surface area contributed by atoms with Crippen LogP contribution in [0.2, 0.25) is 0 Å². The van der Waals surface area contributed by atoms with Crippen molar-refractivity contribution in [1.82, 2.24) is 0 Å². The van der Waals surface area contributed by atoms with Gasteiger partial charge >= 0.3 is 0 Å². The molecule has 0 unspecified atom stereocenters. The first kappa shape index (κ1) is 11.8. The highest BCUT2D eigenvalue weighted by atomic mass is 16.5. The molecular weight excluding hydrogens is 224 g/mol. The fraction of sp³-hybridized carbons (Fsp3) is 0.562. The number of carbonyl (C=O) groups is 1. The van der Waals surface area contributed by atoms with Gasteiger partial charge in [0.25, 0.3) is 0 Å². The highest BCUT2D eigenvalue weighted by Crippen LogP contribution is 2.50. The Labute approximate surface area is 108 Å². The van der Waals surface area contributed by atoms with E-state index in [0.717, 1.165) is 16.9 Å². The largest absolute Gasteiger partial charge is 0.496 e. The van der Waals surface area contributed by atoms with Gasteiger partial charge in [-0.25, -0.2) is 0 Å². The van der Waals surface area contributed by atoms with Gasteiger partial charge in [-0.2, -0.15) is 0 Å². The van der Waals surface area contributed by atoms with Gasteiger partial charge in [0.05, 0.1) is 12.7 Å². The summed E-state index contributed by atoms with van der Waals surface area (Å²) < 4.78 is 5.35. The zero-order valence-electron chi connectivity index (χ0n) is 11.1. The number of Topliss-reactive ketones (excluding diaryl/α,β-unsaturated/α-hetero) is 1. The van der Waals surface area contributed by atoms with E-state index in [1.807, 2.05) is 25.1 Å². The molecule has 2 heteroatoms. The van der Waals surface area contributed by atoms with Crippen molar-refractivity contribution in [1.29, 1.82) is 0 Å². The summed E-state index contributed by atoms with van der Waals surface area (Å²) in [4.78, 5) is 12.8. The lowest BCUT2D eigenvalue weighted by atomic mass is 9.88. The molecule has 0 aliphatic heterocycles. The van der Waals surface area contributed by atoms with Crippen LogP contribution in [-0.4, -0.2) is 12.9 Å². The molecule has 0 amide bonds. The van der Waals surface area contributed by atoms with E-state index < -0.39 is 0 Å². The number of carbonyl (C=O) groups excluding carboxylic acids is 1. The fourth-order valence-electron chi connectivity index (χ4n) is 2.92. The molecule has 2 saturated carbocycles. The standard InChI is InChI=1S/C16H20O2/c1-10-3-8-14(18-2)13(9-10)16(17)15(11-4-5-11)12-6-7-12/h3,8-9,11-12,15H,4-7H2,1-2H3. The molecule has 0 atom stereocenters. The third kappa shape index (κ3) is 2.16. The molecule has 1 aromatic rings. The van der Waals surface area contributed by atoms with Crippen LogP contribution < -0.4 is 4.74 Å². The smallest absolute Gasteiger partial charge is 0.170 e. The van der Waals surface area contributed by atoms with Crippen LogP contribution in [0.25, 0.3) is 0 Å². The second-order valence-corrected chi connectivity index (χ2v) is 5.77. The Morgan fingerprint density at radius 2 is 1.83 bits per heavy atom. The zero-order chi connectivity index (χ0) is 12.7. The van der Waals surface area contributed by atoms with Crippen LogP contribution >= 0.6 is 0 Å². The number of benzene rings is 1. The Morgan fingerprint density at radius 1 is 1.22 bits per heavy atom. The van der Waals surface area contributed by atoms with Crippen LogP contribution in [0.3, 0.4) is 0 Å². The second kappa shape index (κ2) is 4.42. The van der Waals surface area contributed by atoms with Gasteiger partial charge in [-0.3, -0.25) is 4.79 Å². The molecule has 0 bridgehead atoms. The molecule has 2 nitrogen and oxygen atoms in total. The van der Waals surface area contributed by atoms with Gasteiger partial charge in [-0.1, -0.05) is 11.6 Å². The van der Waals surface area contributed by atoms with E-state index in [2.05, 4.69) is 0 Å². The minimum Gasteiger partial charge on any atom is -0.496 e. The average molecular weight is 244 g/mol. The maximum absolute atomic E-state index is 12.8. The maximum Gasteiger partial charge on any atom is 0.170 e. The Morgan fingerprint density at radius 3 is 2.33 bits per heavy atom. The van der Waals surface area contributed by atoms with Crippen LogP contribution in [0.5, 0.6) is 5.75 Å². The molecule has 3 rings (SSSR count). The zero-order valence-corrected chi connectivity index (χ0v) is 11.1. The summed E-state index contributed by atoms with van der Waals surface area (Å²) in [6.07, 6.45) is 4.95. The van der Waals surface area contributed by atoms with Gasteiger partial charge in [0.2, 0.25) is 0 Å². The van der Waals surface area contributed by atoms with Gasteiger partial charge in [0.15, 0.2) is 5.78 Å². The normalized spacial score (nSPS) is 19.1. The van der Waals surface area contributed by atoms with Gasteiger partial charge in [-0.15, -0.1) is 0 Å². The fourth-order valence-corrected chi connectivity index (χ4v) is 2.92. The lowest BCUT2D eigenvalue weighted by molar-refractivity contribution is 0.0883. The Balaban J connectivity index is 1.92. The van der Waals surface area contributed by atoms with Crippen LogP contribution in [0.15, 0.2) is 18.2 Å². The number of hydrogen-bond donors (Lipinski definition) is 0. The van der Waals surface area contributed by atoms with Gasteiger partial charge in [0, 0.05) is 5.92 Å². The van der Waals surface area contributed by atoms with E-state index in [1.165, 1.54) is 25.7 Å². The number of hydrogen-bond acceptors (Lipinski definition) is 2. The van der Waals surface area contributed by atoms with Crippen molar-refractivity contribution >= 4 is 5.78 Å². The summed E-state index contributed by atoms with van der Waals surface area (Å²) in [7, 11) is 1.64. The third-order valence-corrected chi connectivity index (χ3v) is 4.18. The molecule has 0 aromatic heterocycles. The Bertz CT molecular complexity index is 458. The predicted molar refractivity (Wildman–Crippen MR) is 71.0 cm³/mol. The van der Waals surface area contributed by atoms with Crippen LogP contribution in [0.4, 0.5) is 0 Å². The number of methoxy groups -OCH3 is 1. The Kier molecular flexibility index (Phi) is 2.89. The number of aryl methyl sites for hydroxylation is 1. The first-order valence-electron chi connectivity index (χ1n) is 6.89. The lowest BCUT2D eigenvalue weighted by Gasteiger charge is -2.16. The SMILES string of the molecule is COc1ccc(C)cc1C(=O)C(C1CC1)C1CC1. The van der Waals surface area contributed by atoms with E-state index in [0.29, 0.717) is 17.6 Å². The van der Waals surface area contributed by atoms with Crippen LogP contribution in [0, 0.1) is 24.7 Å². The quantitative estimate of drug-likeness (QED) is 0.739. The summed E-state index contributed by atoms with van der Waals surface area (Å²) in [5, 5.41) is 0. The van der Waals surface area contributed by atoms with Crippen molar-refractivity contribution in [2.75, 3.05) is 7.11 Å². The highest BCUT2D eigenvalue weighted by Gasteiger charge is 2.46. The van der Waals surface area contributed by atoms with Crippen molar-refractivity contribution in [3.8, 4) is 5.75 Å². The molecule has 0 saturated heterocycles. The number of ether oxygens (including phenoxy) is 1. The van der Waals surface area contributed by atoms with Crippen LogP contribution in [-0.2, 0) is 0 Å². The molecule has 0 radical (unpaired) electrons. The average Bonchev–Trinajstić information content (AvgIpc) is 3.23. The van der Waals surface area contributed by atoms with E-state index in [-0.39, 0.29) is 5.92 Å². The molecule has 18 heavy (non-hydrogen) atoms. The van der Waals surface area contributed by atoms with E-state index >= 15 is 0 Å². The summed E-state index contributed by atoms with van der Waals surface area (Å²) in [5.74, 6) is 2.61. The minimum absolute atomic E-state index is 0.265. The molecule has 2 fully saturated rings. The van der Waals surface area contributed by atoms with E-state index in [1.54, 1.807) is 7.11 Å². The topological polar surface area (TPSA) is 26.3 Å². The first-order valence-corrected chi connectivity index (χ1v) is 6.89. The van der Waals surface area contributed by atoms with Crippen molar-refractivity contribution in [3.63, 3.8) is 0 Å². The third-order valence-electron chi connectivity index (χ3n) is 4.18. The molecule has 96 valence electrons. The second-order valence-electron chi connectivity index (χ2n) is 5.77. The molecule has 2 aliphatic carbocycles. The molecule has 0 heterocycles. The molecule has 1 aromatic carbocycles. The number of ketones is 1. The maximum atomic E-state index is 12.8. The van der Waals surface area contributed by atoms with Gasteiger partial charge in [0.1, 0.15) is 5.75 Å². The van der Waals surface area contributed by atoms with Crippen molar-refractivity contribution < 1.29 is 9.53 Å². The summed E-state index contributed by atoms with van der Waals surface area (Å²) in [5.41, 5.74) is 1.92. The monoisotopic (exact) mass is 244 g/mol. The first-order chi connectivity index (χ1) is 8.70. The van der Waals surface area contributed by atoms with Gasteiger partial charge in [-0.05, 0) is 56.6 Å². The van der Waals surface area contributed by atoms with Crippen molar-refractivity contribution in [2.24, 2.45) is 17.8 Å². The van der Waals surface area contributed by atoms with Crippen molar-refractivity contribution in [3.05, 3.63) is 29.3 Å². The van der Waals surface area contributed by atoms with E-state index in [9.17, 15) is 4.79 Å². The molecule has 2 aliphatic rings. The van der Waals surface area contributed by atoms with Gasteiger partial charge < -0.3 is 4.74 Å². The summed E-state index contributed by atoms with van der Waals surface area (Å²) in [6.45, 7) is 2.03. The summed E-state index contributed by atoms with van der Waals surface area (Å²) in [6, 6.07) is 5.90. The lowest BCUT2D eigenvalue weighted by Crippen LogP contribution is -2.20. The summed E-state index contributed by atoms with van der Waals surface area (Å²) >= 11 is 0. The molecule has 0 spiro atoms. The van der Waals surface area contributed by atoms with Crippen molar-refractivity contribution in [2.45, 2.75) is 32.6 Å². The highest BCUT2D eigenvalue weighted by molar-refractivity contribution is 6.01. The van der Waals surface area contributed by atoms with E-state index in [4.69, 9.17) is 4.74 Å².